The lowest BCUT2D eigenvalue weighted by Gasteiger charge is -2.14. The van der Waals surface area contributed by atoms with Crippen molar-refractivity contribution in [2.75, 3.05) is 6.54 Å². The van der Waals surface area contributed by atoms with Crippen molar-refractivity contribution in [3.63, 3.8) is 0 Å². The van der Waals surface area contributed by atoms with E-state index in [1.807, 2.05) is 19.9 Å². The van der Waals surface area contributed by atoms with Gasteiger partial charge in [0.15, 0.2) is 9.84 Å². The van der Waals surface area contributed by atoms with Crippen molar-refractivity contribution in [2.24, 2.45) is 5.92 Å². The van der Waals surface area contributed by atoms with Gasteiger partial charge in [-0.25, -0.2) is 8.42 Å². The topological polar surface area (TPSA) is 63.2 Å². The summed E-state index contributed by atoms with van der Waals surface area (Å²) in [5.74, 6) is -0.234. The maximum atomic E-state index is 12.1. The van der Waals surface area contributed by atoms with Crippen molar-refractivity contribution >= 4 is 15.7 Å². The predicted molar refractivity (Wildman–Crippen MR) is 76.4 cm³/mol. The van der Waals surface area contributed by atoms with E-state index in [9.17, 15) is 13.2 Å². The van der Waals surface area contributed by atoms with Crippen LogP contribution in [0.25, 0.3) is 0 Å². The first-order chi connectivity index (χ1) is 8.83. The highest BCUT2D eigenvalue weighted by molar-refractivity contribution is 7.92. The van der Waals surface area contributed by atoms with Gasteiger partial charge in [0.05, 0.1) is 5.75 Å². The Hall–Kier alpha value is -1.36. The monoisotopic (exact) mass is 283 g/mol. The summed E-state index contributed by atoms with van der Waals surface area (Å²) in [6.45, 7) is 5.85. The highest BCUT2D eigenvalue weighted by atomic mass is 32.2. The molecule has 1 amide bonds. The summed E-state index contributed by atoms with van der Waals surface area (Å²) < 4.78 is 24.3. The number of rotatable bonds is 6. The number of benzene rings is 1. The number of nitrogens with one attached hydrogen (secondary N) is 1. The molecule has 0 heterocycles. The Morgan fingerprint density at radius 3 is 2.26 bits per heavy atom. The molecule has 0 bridgehead atoms. The molecule has 0 aliphatic carbocycles. The second-order valence-electron chi connectivity index (χ2n) is 5.07. The SMILES string of the molecule is CC(C)CNC(=O)[C@H](C)S(=O)(=O)Cc1ccccc1. The van der Waals surface area contributed by atoms with Gasteiger partial charge in [-0.2, -0.15) is 0 Å². The van der Waals surface area contributed by atoms with Crippen LogP contribution in [0.15, 0.2) is 30.3 Å². The summed E-state index contributed by atoms with van der Waals surface area (Å²) in [5.41, 5.74) is 0.700. The van der Waals surface area contributed by atoms with Crippen molar-refractivity contribution in [3.05, 3.63) is 35.9 Å². The highest BCUT2D eigenvalue weighted by Gasteiger charge is 2.27. The van der Waals surface area contributed by atoms with Crippen molar-refractivity contribution in [3.8, 4) is 0 Å². The molecule has 1 atom stereocenters. The van der Waals surface area contributed by atoms with Gasteiger partial charge in [0.1, 0.15) is 5.25 Å². The van der Waals surface area contributed by atoms with Gasteiger partial charge >= 0.3 is 0 Å². The molecule has 19 heavy (non-hydrogen) atoms. The Labute approximate surface area is 115 Å². The predicted octanol–water partition coefficient (Wildman–Crippen LogP) is 1.76. The largest absolute Gasteiger partial charge is 0.355 e. The van der Waals surface area contributed by atoms with E-state index in [1.54, 1.807) is 24.3 Å². The first-order valence-corrected chi connectivity index (χ1v) is 8.07. The second kappa shape index (κ2) is 6.70. The fourth-order valence-corrected chi connectivity index (χ4v) is 2.86. The zero-order chi connectivity index (χ0) is 14.5. The zero-order valence-electron chi connectivity index (χ0n) is 11.6. The van der Waals surface area contributed by atoms with E-state index in [0.717, 1.165) is 0 Å². The number of carbonyl (C=O) groups is 1. The minimum absolute atomic E-state index is 0.107. The van der Waals surface area contributed by atoms with Crippen molar-refractivity contribution in [1.82, 2.24) is 5.32 Å². The molecule has 0 radical (unpaired) electrons. The first-order valence-electron chi connectivity index (χ1n) is 6.36. The van der Waals surface area contributed by atoms with Crippen molar-refractivity contribution < 1.29 is 13.2 Å². The van der Waals surface area contributed by atoms with Gasteiger partial charge in [-0.1, -0.05) is 44.2 Å². The standard InChI is InChI=1S/C14H21NO3S/c1-11(2)9-15-14(16)12(3)19(17,18)10-13-7-5-4-6-8-13/h4-8,11-12H,9-10H2,1-3H3,(H,15,16)/t12-/m0/s1. The average Bonchev–Trinajstić information content (AvgIpc) is 2.35. The summed E-state index contributed by atoms with van der Waals surface area (Å²) in [5, 5.41) is 1.63. The molecule has 1 rings (SSSR count). The van der Waals surface area contributed by atoms with Crippen LogP contribution in [0.2, 0.25) is 0 Å². The van der Waals surface area contributed by atoms with Crippen molar-refractivity contribution in [2.45, 2.75) is 31.8 Å². The number of carbonyl (C=O) groups excluding carboxylic acids is 1. The number of amides is 1. The van der Waals surface area contributed by atoms with E-state index in [2.05, 4.69) is 5.32 Å². The average molecular weight is 283 g/mol. The Morgan fingerprint density at radius 2 is 1.74 bits per heavy atom. The Morgan fingerprint density at radius 1 is 1.16 bits per heavy atom. The molecule has 5 heteroatoms. The van der Waals surface area contributed by atoms with Gasteiger partial charge in [0.2, 0.25) is 5.91 Å². The molecule has 0 saturated carbocycles. The summed E-state index contributed by atoms with van der Waals surface area (Å²) in [4.78, 5) is 11.8. The van der Waals surface area contributed by atoms with E-state index in [4.69, 9.17) is 0 Å². The lowest BCUT2D eigenvalue weighted by molar-refractivity contribution is -0.120. The third-order valence-corrected chi connectivity index (χ3v) is 4.83. The van der Waals surface area contributed by atoms with E-state index < -0.39 is 21.0 Å². The molecule has 0 fully saturated rings. The van der Waals surface area contributed by atoms with Crippen LogP contribution in [0, 0.1) is 5.92 Å². The van der Waals surface area contributed by atoms with Crippen LogP contribution >= 0.6 is 0 Å². The Balaban J connectivity index is 2.69. The molecule has 4 nitrogen and oxygen atoms in total. The third-order valence-electron chi connectivity index (χ3n) is 2.80. The molecular formula is C14H21NO3S. The fourth-order valence-electron chi connectivity index (χ4n) is 1.54. The smallest absolute Gasteiger partial charge is 0.238 e. The second-order valence-corrected chi connectivity index (χ2v) is 7.40. The molecule has 0 saturated heterocycles. The highest BCUT2D eigenvalue weighted by Crippen LogP contribution is 2.11. The lowest BCUT2D eigenvalue weighted by atomic mass is 10.2. The molecule has 0 unspecified atom stereocenters. The maximum absolute atomic E-state index is 12.1. The van der Waals surface area contributed by atoms with Crippen LogP contribution in [-0.2, 0) is 20.4 Å². The van der Waals surface area contributed by atoms with E-state index in [-0.39, 0.29) is 5.75 Å². The normalized spacial score (nSPS) is 13.3. The minimum Gasteiger partial charge on any atom is -0.355 e. The van der Waals surface area contributed by atoms with Crippen LogP contribution < -0.4 is 5.32 Å². The molecule has 0 aliphatic heterocycles. The summed E-state index contributed by atoms with van der Waals surface area (Å²) in [6.07, 6.45) is 0. The molecule has 0 aliphatic rings. The molecular weight excluding hydrogens is 262 g/mol. The Kier molecular flexibility index (Phi) is 5.54. The third kappa shape index (κ3) is 5.03. The number of sulfone groups is 1. The number of hydrogen-bond acceptors (Lipinski definition) is 3. The van der Waals surface area contributed by atoms with Crippen LogP contribution in [-0.4, -0.2) is 26.1 Å². The van der Waals surface area contributed by atoms with Crippen LogP contribution in [0.1, 0.15) is 26.3 Å². The summed E-state index contributed by atoms with van der Waals surface area (Å²) in [7, 11) is -3.47. The quantitative estimate of drug-likeness (QED) is 0.865. The molecule has 106 valence electrons. The summed E-state index contributed by atoms with van der Waals surface area (Å²) in [6, 6.07) is 8.89. The van der Waals surface area contributed by atoms with E-state index in [1.165, 1.54) is 6.92 Å². The first kappa shape index (κ1) is 15.7. The van der Waals surface area contributed by atoms with Gasteiger partial charge < -0.3 is 5.32 Å². The van der Waals surface area contributed by atoms with Crippen LogP contribution in [0.3, 0.4) is 0 Å². The Bertz CT molecular complexity index is 509. The van der Waals surface area contributed by atoms with E-state index >= 15 is 0 Å². The summed E-state index contributed by atoms with van der Waals surface area (Å²) >= 11 is 0. The van der Waals surface area contributed by atoms with E-state index in [0.29, 0.717) is 18.0 Å². The van der Waals surface area contributed by atoms with Gasteiger partial charge in [0.25, 0.3) is 0 Å². The lowest BCUT2D eigenvalue weighted by Crippen LogP contribution is -2.39. The molecule has 0 spiro atoms. The molecule has 1 N–H and O–H groups in total. The van der Waals surface area contributed by atoms with Gasteiger partial charge in [0, 0.05) is 6.54 Å². The molecule has 0 aromatic heterocycles. The van der Waals surface area contributed by atoms with Crippen molar-refractivity contribution in [1.29, 1.82) is 0 Å². The maximum Gasteiger partial charge on any atom is 0.238 e. The van der Waals surface area contributed by atoms with Gasteiger partial charge in [-0.05, 0) is 18.4 Å². The fraction of sp³-hybridized carbons (Fsp3) is 0.500. The zero-order valence-corrected chi connectivity index (χ0v) is 12.4. The number of hydrogen-bond donors (Lipinski definition) is 1. The molecule has 1 aromatic rings. The van der Waals surface area contributed by atoms with Crippen LogP contribution in [0.5, 0.6) is 0 Å². The van der Waals surface area contributed by atoms with Gasteiger partial charge in [-0.15, -0.1) is 0 Å². The van der Waals surface area contributed by atoms with Gasteiger partial charge in [-0.3, -0.25) is 4.79 Å². The van der Waals surface area contributed by atoms with Crippen LogP contribution in [0.4, 0.5) is 0 Å². The minimum atomic E-state index is -3.47. The molecule has 1 aromatic carbocycles.